The number of fused-ring (bicyclic) bond motifs is 1. The molecule has 1 atom stereocenters. The fourth-order valence-electron chi connectivity index (χ4n) is 4.25. The number of hydrogen-bond donors (Lipinski definition) is 1. The molecule has 1 aliphatic rings. The molecule has 180 valence electrons. The molecule has 1 N–H and O–H groups in total. The Morgan fingerprint density at radius 1 is 1.09 bits per heavy atom. The van der Waals surface area contributed by atoms with E-state index in [1.807, 2.05) is 36.4 Å². The van der Waals surface area contributed by atoms with Gasteiger partial charge < -0.3 is 10.1 Å². The van der Waals surface area contributed by atoms with E-state index in [-0.39, 0.29) is 10.8 Å². The number of sulfonamides is 1. The van der Waals surface area contributed by atoms with E-state index in [1.165, 1.54) is 29.1 Å². The number of ether oxygens (including phenoxy) is 1. The summed E-state index contributed by atoms with van der Waals surface area (Å²) >= 11 is 1.63. The molecule has 0 saturated carbocycles. The number of benzene rings is 3. The molecule has 2 heterocycles. The second kappa shape index (κ2) is 9.41. The highest BCUT2D eigenvalue weighted by molar-refractivity contribution is 7.89. The van der Waals surface area contributed by atoms with Crippen molar-refractivity contribution in [2.75, 3.05) is 19.0 Å². The fourth-order valence-corrected chi connectivity index (χ4v) is 6.98. The zero-order valence-corrected chi connectivity index (χ0v) is 21.0. The fraction of sp³-hybridized carbons (Fsp3) is 0.231. The van der Waals surface area contributed by atoms with Gasteiger partial charge in [-0.1, -0.05) is 6.07 Å². The normalized spacial score (nSPS) is 16.5. The Morgan fingerprint density at radius 3 is 2.54 bits per heavy atom. The van der Waals surface area contributed by atoms with Crippen molar-refractivity contribution in [2.45, 2.75) is 30.7 Å². The minimum Gasteiger partial charge on any atom is -0.497 e. The first kappa shape index (κ1) is 23.5. The van der Waals surface area contributed by atoms with Gasteiger partial charge in [0.1, 0.15) is 16.8 Å². The summed E-state index contributed by atoms with van der Waals surface area (Å²) < 4.78 is 33.9. The first-order valence-corrected chi connectivity index (χ1v) is 13.6. The van der Waals surface area contributed by atoms with Gasteiger partial charge in [-0.25, -0.2) is 13.4 Å². The molecule has 1 aromatic heterocycles. The molecule has 1 aliphatic heterocycles. The van der Waals surface area contributed by atoms with Crippen LogP contribution >= 0.6 is 11.3 Å². The van der Waals surface area contributed by atoms with Crippen LogP contribution in [-0.4, -0.2) is 43.3 Å². The van der Waals surface area contributed by atoms with Crippen LogP contribution < -0.4 is 10.1 Å². The molecule has 0 radical (unpaired) electrons. The Kier molecular flexibility index (Phi) is 6.31. The minimum atomic E-state index is -3.80. The minimum absolute atomic E-state index is 0.147. The van der Waals surface area contributed by atoms with Gasteiger partial charge in [-0.05, 0) is 86.0 Å². The third-order valence-corrected chi connectivity index (χ3v) is 9.11. The molecule has 35 heavy (non-hydrogen) atoms. The van der Waals surface area contributed by atoms with Gasteiger partial charge in [0, 0.05) is 17.8 Å². The van der Waals surface area contributed by atoms with Gasteiger partial charge in [-0.15, -0.1) is 11.3 Å². The van der Waals surface area contributed by atoms with Gasteiger partial charge in [0.15, 0.2) is 0 Å². The summed E-state index contributed by atoms with van der Waals surface area (Å²) in [6, 6.07) is 19.1. The number of thiazole rings is 1. The summed E-state index contributed by atoms with van der Waals surface area (Å²) in [4.78, 5) is 17.9. The first-order chi connectivity index (χ1) is 16.8. The lowest BCUT2D eigenvalue weighted by atomic mass is 10.2. The van der Waals surface area contributed by atoms with Gasteiger partial charge >= 0.3 is 0 Å². The largest absolute Gasteiger partial charge is 0.497 e. The predicted molar refractivity (Wildman–Crippen MR) is 138 cm³/mol. The topological polar surface area (TPSA) is 88.6 Å². The van der Waals surface area contributed by atoms with Crippen molar-refractivity contribution in [1.29, 1.82) is 0 Å². The van der Waals surface area contributed by atoms with Gasteiger partial charge in [-0.2, -0.15) is 4.31 Å². The number of anilines is 1. The van der Waals surface area contributed by atoms with E-state index in [1.54, 1.807) is 23.5 Å². The molecule has 9 heteroatoms. The number of carbonyl (C=O) groups excluding carboxylic acids is 1. The van der Waals surface area contributed by atoms with Crippen molar-refractivity contribution in [1.82, 2.24) is 9.29 Å². The van der Waals surface area contributed by atoms with Crippen LogP contribution in [0.5, 0.6) is 5.75 Å². The molecule has 1 saturated heterocycles. The molecule has 3 aromatic carbocycles. The van der Waals surface area contributed by atoms with Crippen LogP contribution in [0.4, 0.5) is 5.69 Å². The summed E-state index contributed by atoms with van der Waals surface area (Å²) in [7, 11) is -2.27. The van der Waals surface area contributed by atoms with Crippen molar-refractivity contribution in [3.63, 3.8) is 0 Å². The van der Waals surface area contributed by atoms with E-state index < -0.39 is 16.1 Å². The number of rotatable bonds is 6. The summed E-state index contributed by atoms with van der Waals surface area (Å²) in [5.74, 6) is 0.242. The second-order valence-corrected chi connectivity index (χ2v) is 11.4. The summed E-state index contributed by atoms with van der Waals surface area (Å²) in [5.41, 5.74) is 3.74. The maximum absolute atomic E-state index is 13.2. The standard InChI is InChI=1S/C26H25N3O4S2/c1-17-5-14-22-24(16-17)34-26(28-22)18-6-8-19(9-7-18)27-25(30)23-4-3-15-29(23)35(31,32)21-12-10-20(33-2)11-13-21/h5-14,16,23H,3-4,15H2,1-2H3,(H,27,30). The number of nitrogens with zero attached hydrogens (tertiary/aromatic N) is 2. The lowest BCUT2D eigenvalue weighted by Gasteiger charge is -2.23. The van der Waals surface area contributed by atoms with Crippen LogP contribution in [0.2, 0.25) is 0 Å². The molecule has 1 fully saturated rings. The van der Waals surface area contributed by atoms with Crippen LogP contribution in [0.15, 0.2) is 71.6 Å². The number of hydrogen-bond acceptors (Lipinski definition) is 6. The first-order valence-electron chi connectivity index (χ1n) is 11.3. The number of methoxy groups -OCH3 is 1. The summed E-state index contributed by atoms with van der Waals surface area (Å²) in [6.45, 7) is 2.37. The zero-order valence-electron chi connectivity index (χ0n) is 19.4. The van der Waals surface area contributed by atoms with E-state index in [0.29, 0.717) is 30.8 Å². The number of carbonyl (C=O) groups is 1. The van der Waals surface area contributed by atoms with E-state index in [9.17, 15) is 13.2 Å². The van der Waals surface area contributed by atoms with E-state index in [0.717, 1.165) is 20.8 Å². The number of nitrogens with one attached hydrogen (secondary N) is 1. The Hall–Kier alpha value is -3.27. The molecule has 4 aromatic rings. The Bertz CT molecular complexity index is 1480. The average molecular weight is 508 g/mol. The zero-order chi connectivity index (χ0) is 24.6. The molecule has 0 spiro atoms. The van der Waals surface area contributed by atoms with Crippen molar-refractivity contribution in [3.8, 4) is 16.3 Å². The van der Waals surface area contributed by atoms with Crippen molar-refractivity contribution in [2.24, 2.45) is 0 Å². The van der Waals surface area contributed by atoms with Gasteiger partial charge in [0.05, 0.1) is 22.2 Å². The van der Waals surface area contributed by atoms with Crippen molar-refractivity contribution >= 4 is 43.2 Å². The highest BCUT2D eigenvalue weighted by Crippen LogP contribution is 2.32. The summed E-state index contributed by atoms with van der Waals surface area (Å²) in [6.07, 6.45) is 1.11. The molecule has 0 aliphatic carbocycles. The molecule has 0 bridgehead atoms. The SMILES string of the molecule is COc1ccc(S(=O)(=O)N2CCCC2C(=O)Nc2ccc(-c3nc4ccc(C)cc4s3)cc2)cc1. The van der Waals surface area contributed by atoms with Gasteiger partial charge in [0.25, 0.3) is 0 Å². The lowest BCUT2D eigenvalue weighted by Crippen LogP contribution is -2.43. The molecule has 1 amide bonds. The van der Waals surface area contributed by atoms with Crippen LogP contribution in [0.25, 0.3) is 20.8 Å². The quantitative estimate of drug-likeness (QED) is 0.394. The van der Waals surface area contributed by atoms with Crippen LogP contribution in [-0.2, 0) is 14.8 Å². The van der Waals surface area contributed by atoms with Crippen molar-refractivity contribution in [3.05, 3.63) is 72.3 Å². The van der Waals surface area contributed by atoms with Crippen molar-refractivity contribution < 1.29 is 17.9 Å². The maximum atomic E-state index is 13.2. The Morgan fingerprint density at radius 2 is 1.83 bits per heavy atom. The van der Waals surface area contributed by atoms with Gasteiger partial charge in [0.2, 0.25) is 15.9 Å². The number of aromatic nitrogens is 1. The lowest BCUT2D eigenvalue weighted by molar-refractivity contribution is -0.119. The maximum Gasteiger partial charge on any atom is 0.243 e. The van der Waals surface area contributed by atoms with Crippen LogP contribution in [0, 0.1) is 6.92 Å². The number of amides is 1. The van der Waals surface area contributed by atoms with Crippen LogP contribution in [0.3, 0.4) is 0 Å². The predicted octanol–water partition coefficient (Wildman–Crippen LogP) is 5.07. The van der Waals surface area contributed by atoms with E-state index in [4.69, 9.17) is 9.72 Å². The summed E-state index contributed by atoms with van der Waals surface area (Å²) in [5, 5.41) is 3.80. The monoisotopic (exact) mass is 507 g/mol. The molecule has 5 rings (SSSR count). The van der Waals surface area contributed by atoms with Crippen LogP contribution in [0.1, 0.15) is 18.4 Å². The Labute approximate surface area is 208 Å². The molecular formula is C26H25N3O4S2. The third kappa shape index (κ3) is 4.67. The van der Waals surface area contributed by atoms with Gasteiger partial charge in [-0.3, -0.25) is 4.79 Å². The molecule has 7 nitrogen and oxygen atoms in total. The number of aryl methyl sites for hydroxylation is 1. The average Bonchev–Trinajstić information content (AvgIpc) is 3.52. The van der Waals surface area contributed by atoms with E-state index >= 15 is 0 Å². The molecule has 1 unspecified atom stereocenters. The third-order valence-electron chi connectivity index (χ3n) is 6.12. The highest BCUT2D eigenvalue weighted by Gasteiger charge is 2.39. The molecular weight excluding hydrogens is 482 g/mol. The Balaban J connectivity index is 1.31. The van der Waals surface area contributed by atoms with E-state index in [2.05, 4.69) is 18.3 Å². The second-order valence-electron chi connectivity index (χ2n) is 8.51. The highest BCUT2D eigenvalue weighted by atomic mass is 32.2. The smallest absolute Gasteiger partial charge is 0.243 e.